The number of benzene rings is 2. The lowest BCUT2D eigenvalue weighted by molar-refractivity contribution is -0.354. The highest BCUT2D eigenvalue weighted by molar-refractivity contribution is 5.89. The van der Waals surface area contributed by atoms with E-state index in [1.807, 2.05) is 31.2 Å². The van der Waals surface area contributed by atoms with Gasteiger partial charge in [-0.3, -0.25) is 0 Å². The molecule has 0 bridgehead atoms. The standard InChI is InChI=1S/C18H20N2O3/c1-3-19-16-9-5-14(6-10-16)13-20(22)17-11-7-15(8-12-17)18(21)23-4-2/h5-13,19H,3-4H2,1-2H3. The van der Waals surface area contributed by atoms with Gasteiger partial charge in [0.25, 0.3) is 0 Å². The summed E-state index contributed by atoms with van der Waals surface area (Å²) < 4.78 is 5.69. The Balaban J connectivity index is 2.12. The molecule has 0 radical (unpaired) electrons. The molecular weight excluding hydrogens is 292 g/mol. The van der Waals surface area contributed by atoms with Gasteiger partial charge in [-0.05, 0) is 50.2 Å². The molecule has 0 atom stereocenters. The van der Waals surface area contributed by atoms with Crippen LogP contribution in [0.25, 0.3) is 0 Å². The number of hydrogen-bond donors (Lipinski definition) is 1. The van der Waals surface area contributed by atoms with Gasteiger partial charge in [-0.15, -0.1) is 0 Å². The maximum Gasteiger partial charge on any atom is 0.338 e. The topological polar surface area (TPSA) is 64.4 Å². The number of ether oxygens (including phenoxy) is 1. The highest BCUT2D eigenvalue weighted by atomic mass is 16.5. The van der Waals surface area contributed by atoms with Crippen molar-refractivity contribution in [3.05, 3.63) is 64.9 Å². The fourth-order valence-corrected chi connectivity index (χ4v) is 2.06. The maximum absolute atomic E-state index is 12.2. The Hall–Kier alpha value is -2.82. The Morgan fingerprint density at radius 3 is 2.35 bits per heavy atom. The molecule has 0 aliphatic rings. The van der Waals surface area contributed by atoms with Crippen molar-refractivity contribution in [3.8, 4) is 0 Å². The van der Waals surface area contributed by atoms with Crippen LogP contribution in [0.2, 0.25) is 0 Å². The number of esters is 1. The fraction of sp³-hybridized carbons (Fsp3) is 0.222. The van der Waals surface area contributed by atoms with Crippen molar-refractivity contribution in [3.63, 3.8) is 0 Å². The van der Waals surface area contributed by atoms with Crippen molar-refractivity contribution in [2.45, 2.75) is 13.8 Å². The summed E-state index contributed by atoms with van der Waals surface area (Å²) in [5, 5.41) is 15.4. The van der Waals surface area contributed by atoms with Gasteiger partial charge < -0.3 is 15.3 Å². The first kappa shape index (κ1) is 16.5. The molecule has 0 fully saturated rings. The lowest BCUT2D eigenvalue weighted by atomic mass is 10.2. The summed E-state index contributed by atoms with van der Waals surface area (Å²) in [6.07, 6.45) is 1.50. The molecule has 2 rings (SSSR count). The molecule has 120 valence electrons. The van der Waals surface area contributed by atoms with Gasteiger partial charge in [0, 0.05) is 29.9 Å². The Morgan fingerprint density at radius 1 is 1.13 bits per heavy atom. The van der Waals surface area contributed by atoms with Crippen LogP contribution in [0.5, 0.6) is 0 Å². The van der Waals surface area contributed by atoms with Crippen LogP contribution >= 0.6 is 0 Å². The van der Waals surface area contributed by atoms with Gasteiger partial charge in [0.2, 0.25) is 5.69 Å². The molecule has 0 aliphatic carbocycles. The molecule has 0 saturated heterocycles. The number of carbonyl (C=O) groups excluding carboxylic acids is 1. The first-order chi connectivity index (χ1) is 11.1. The van der Waals surface area contributed by atoms with E-state index >= 15 is 0 Å². The minimum absolute atomic E-state index is 0.324. The number of nitrogens with zero attached hydrogens (tertiary/aromatic N) is 1. The van der Waals surface area contributed by atoms with Crippen molar-refractivity contribution in [2.75, 3.05) is 18.5 Å². The Labute approximate surface area is 135 Å². The molecule has 0 heterocycles. The largest absolute Gasteiger partial charge is 0.618 e. The van der Waals surface area contributed by atoms with Crippen molar-refractivity contribution >= 4 is 23.6 Å². The highest BCUT2D eigenvalue weighted by Crippen LogP contribution is 2.14. The summed E-state index contributed by atoms with van der Waals surface area (Å²) in [7, 11) is 0. The van der Waals surface area contributed by atoms with Crippen LogP contribution in [-0.2, 0) is 4.74 Å². The SMILES string of the molecule is CCNc1ccc(C=[N+]([O-])c2ccc(C(=O)OCC)cc2)cc1. The first-order valence-electron chi connectivity index (χ1n) is 7.56. The van der Waals surface area contributed by atoms with Crippen molar-refractivity contribution in [1.82, 2.24) is 0 Å². The fourth-order valence-electron chi connectivity index (χ4n) is 2.06. The van der Waals surface area contributed by atoms with Crippen LogP contribution in [0, 0.1) is 5.21 Å². The molecule has 0 spiro atoms. The van der Waals surface area contributed by atoms with Crippen LogP contribution < -0.4 is 5.32 Å². The van der Waals surface area contributed by atoms with Gasteiger partial charge in [-0.1, -0.05) is 0 Å². The van der Waals surface area contributed by atoms with E-state index in [9.17, 15) is 10.0 Å². The molecule has 5 nitrogen and oxygen atoms in total. The quantitative estimate of drug-likeness (QED) is 0.291. The van der Waals surface area contributed by atoms with E-state index < -0.39 is 0 Å². The van der Waals surface area contributed by atoms with E-state index in [2.05, 4.69) is 5.32 Å². The predicted octanol–water partition coefficient (Wildman–Crippen LogP) is 3.56. The van der Waals surface area contributed by atoms with Crippen LogP contribution in [0.15, 0.2) is 48.5 Å². The Kier molecular flexibility index (Phi) is 5.74. The number of hydrogen-bond acceptors (Lipinski definition) is 4. The zero-order chi connectivity index (χ0) is 16.7. The molecule has 2 aromatic carbocycles. The van der Waals surface area contributed by atoms with E-state index in [0.717, 1.165) is 22.5 Å². The van der Waals surface area contributed by atoms with Crippen molar-refractivity contribution in [1.29, 1.82) is 0 Å². The van der Waals surface area contributed by atoms with E-state index in [-0.39, 0.29) is 5.97 Å². The monoisotopic (exact) mass is 312 g/mol. The normalized spacial score (nSPS) is 11.1. The van der Waals surface area contributed by atoms with E-state index in [1.54, 1.807) is 31.2 Å². The molecule has 0 amide bonds. The third-order valence-electron chi connectivity index (χ3n) is 3.19. The molecular formula is C18H20N2O3. The van der Waals surface area contributed by atoms with Crippen LogP contribution in [0.1, 0.15) is 29.8 Å². The smallest absolute Gasteiger partial charge is 0.338 e. The summed E-state index contributed by atoms with van der Waals surface area (Å²) in [6.45, 7) is 4.95. The highest BCUT2D eigenvalue weighted by Gasteiger charge is 2.08. The number of anilines is 1. The van der Waals surface area contributed by atoms with Gasteiger partial charge in [0.05, 0.1) is 12.2 Å². The number of nitrogens with one attached hydrogen (secondary N) is 1. The maximum atomic E-state index is 12.2. The van der Waals surface area contributed by atoms with E-state index in [0.29, 0.717) is 17.9 Å². The minimum atomic E-state index is -0.389. The van der Waals surface area contributed by atoms with Gasteiger partial charge in [0.1, 0.15) is 0 Å². The van der Waals surface area contributed by atoms with Gasteiger partial charge in [-0.25, -0.2) is 4.79 Å². The second-order valence-corrected chi connectivity index (χ2v) is 4.87. The predicted molar refractivity (Wildman–Crippen MR) is 91.5 cm³/mol. The molecule has 0 unspecified atom stereocenters. The molecule has 0 saturated carbocycles. The minimum Gasteiger partial charge on any atom is -0.618 e. The lowest BCUT2D eigenvalue weighted by Crippen LogP contribution is -2.05. The van der Waals surface area contributed by atoms with Gasteiger partial charge >= 0.3 is 5.97 Å². The van der Waals surface area contributed by atoms with Crippen LogP contribution in [0.3, 0.4) is 0 Å². The number of rotatable bonds is 6. The summed E-state index contributed by atoms with van der Waals surface area (Å²) in [5.74, 6) is -0.389. The molecule has 23 heavy (non-hydrogen) atoms. The van der Waals surface area contributed by atoms with Crippen LogP contribution in [-0.4, -0.2) is 30.1 Å². The molecule has 0 aromatic heterocycles. The zero-order valence-electron chi connectivity index (χ0n) is 13.3. The number of carbonyl (C=O) groups is 1. The van der Waals surface area contributed by atoms with E-state index in [1.165, 1.54) is 6.21 Å². The second-order valence-electron chi connectivity index (χ2n) is 4.87. The zero-order valence-corrected chi connectivity index (χ0v) is 13.3. The van der Waals surface area contributed by atoms with E-state index in [4.69, 9.17) is 4.74 Å². The Bertz CT molecular complexity index is 676. The Morgan fingerprint density at radius 2 is 1.78 bits per heavy atom. The van der Waals surface area contributed by atoms with Gasteiger partial charge in [-0.2, -0.15) is 4.74 Å². The summed E-state index contributed by atoms with van der Waals surface area (Å²) in [4.78, 5) is 11.6. The summed E-state index contributed by atoms with van der Waals surface area (Å²) in [6, 6.07) is 14.0. The van der Waals surface area contributed by atoms with Crippen molar-refractivity contribution in [2.24, 2.45) is 0 Å². The molecule has 1 N–H and O–H groups in total. The first-order valence-corrected chi connectivity index (χ1v) is 7.56. The van der Waals surface area contributed by atoms with Crippen molar-refractivity contribution < 1.29 is 14.3 Å². The molecule has 5 heteroatoms. The third-order valence-corrected chi connectivity index (χ3v) is 3.19. The lowest BCUT2D eigenvalue weighted by Gasteiger charge is -2.05. The van der Waals surface area contributed by atoms with Crippen LogP contribution in [0.4, 0.5) is 11.4 Å². The average Bonchev–Trinajstić information content (AvgIpc) is 2.57. The van der Waals surface area contributed by atoms with Gasteiger partial charge in [0.15, 0.2) is 6.21 Å². The third kappa shape index (κ3) is 4.57. The average molecular weight is 312 g/mol. The summed E-state index contributed by atoms with van der Waals surface area (Å²) >= 11 is 0. The molecule has 0 aliphatic heterocycles. The molecule has 2 aromatic rings. The summed E-state index contributed by atoms with van der Waals surface area (Å²) in [5.41, 5.74) is 2.70. The second kappa shape index (κ2) is 7.98.